The highest BCUT2D eigenvalue weighted by Gasteiger charge is 2.44. The smallest absolute Gasteiger partial charge is 0.0578 e. The Bertz CT molecular complexity index is 365. The van der Waals surface area contributed by atoms with E-state index < -0.39 is 0 Å². The Hall–Kier alpha value is -0.0400. The molecule has 6 unspecified atom stereocenters. The van der Waals surface area contributed by atoms with Crippen molar-refractivity contribution in [2.24, 2.45) is 29.6 Å². The van der Waals surface area contributed by atoms with Gasteiger partial charge in [-0.05, 0) is 81.0 Å². The number of ether oxygens (including phenoxy) is 1. The van der Waals surface area contributed by atoms with Crippen molar-refractivity contribution in [3.8, 4) is 0 Å². The third kappa shape index (κ3) is 5.47. The van der Waals surface area contributed by atoms with Gasteiger partial charge in [0.1, 0.15) is 0 Å². The maximum Gasteiger partial charge on any atom is 0.0578 e. The Balaban J connectivity index is 1.38. The molecule has 0 bridgehead atoms. The summed E-state index contributed by atoms with van der Waals surface area (Å²) < 4.78 is 6.30. The van der Waals surface area contributed by atoms with E-state index in [1.807, 2.05) is 0 Å². The van der Waals surface area contributed by atoms with E-state index in [0.29, 0.717) is 6.10 Å². The highest BCUT2D eigenvalue weighted by Crippen LogP contribution is 2.53. The highest BCUT2D eigenvalue weighted by molar-refractivity contribution is 4.94. The Labute approximate surface area is 157 Å². The molecule has 3 rings (SSSR count). The highest BCUT2D eigenvalue weighted by atomic mass is 16.5. The van der Waals surface area contributed by atoms with Gasteiger partial charge >= 0.3 is 0 Å². The van der Waals surface area contributed by atoms with Gasteiger partial charge in [0.05, 0.1) is 6.10 Å². The van der Waals surface area contributed by atoms with E-state index in [-0.39, 0.29) is 0 Å². The molecule has 0 aromatic carbocycles. The quantitative estimate of drug-likeness (QED) is 0.395. The molecule has 3 saturated carbocycles. The van der Waals surface area contributed by atoms with E-state index in [0.717, 1.165) is 36.2 Å². The number of unbranched alkanes of at least 4 members (excludes halogenated alkanes) is 4. The van der Waals surface area contributed by atoms with Gasteiger partial charge in [0, 0.05) is 6.61 Å². The molecule has 0 amide bonds. The largest absolute Gasteiger partial charge is 0.378 e. The van der Waals surface area contributed by atoms with Gasteiger partial charge in [-0.1, -0.05) is 58.8 Å². The third-order valence-corrected chi connectivity index (χ3v) is 7.90. The molecule has 1 nitrogen and oxygen atoms in total. The van der Waals surface area contributed by atoms with Crippen LogP contribution in [-0.4, -0.2) is 12.7 Å². The molecule has 3 aliphatic carbocycles. The summed E-state index contributed by atoms with van der Waals surface area (Å²) in [6.07, 6.45) is 22.2. The van der Waals surface area contributed by atoms with Crippen LogP contribution >= 0.6 is 0 Å². The lowest BCUT2D eigenvalue weighted by atomic mass is 9.56. The molecule has 25 heavy (non-hydrogen) atoms. The van der Waals surface area contributed by atoms with Crippen molar-refractivity contribution >= 4 is 0 Å². The zero-order valence-electron chi connectivity index (χ0n) is 17.2. The Morgan fingerprint density at radius 1 is 0.680 bits per heavy atom. The van der Waals surface area contributed by atoms with E-state index >= 15 is 0 Å². The lowest BCUT2D eigenvalue weighted by Crippen LogP contribution is -2.42. The van der Waals surface area contributed by atoms with Crippen LogP contribution in [0.3, 0.4) is 0 Å². The van der Waals surface area contributed by atoms with Gasteiger partial charge in [0.2, 0.25) is 0 Å². The molecule has 3 aliphatic rings. The predicted molar refractivity (Wildman–Crippen MR) is 108 cm³/mol. The molecular weight excluding hydrogens is 304 g/mol. The molecule has 0 N–H and O–H groups in total. The molecule has 6 atom stereocenters. The lowest BCUT2D eigenvalue weighted by molar-refractivity contribution is -0.0538. The molecule has 146 valence electrons. The molecule has 1 heteroatoms. The molecule has 0 aromatic heterocycles. The fraction of sp³-hybridized carbons (Fsp3) is 1.00. The summed E-state index contributed by atoms with van der Waals surface area (Å²) in [6, 6.07) is 0. The van der Waals surface area contributed by atoms with E-state index in [1.54, 1.807) is 12.8 Å². The Morgan fingerprint density at radius 3 is 2.16 bits per heavy atom. The van der Waals surface area contributed by atoms with Crippen LogP contribution in [-0.2, 0) is 4.74 Å². The van der Waals surface area contributed by atoms with Crippen LogP contribution < -0.4 is 0 Å². The summed E-state index contributed by atoms with van der Waals surface area (Å²) in [7, 11) is 0. The molecule has 0 spiro atoms. The van der Waals surface area contributed by atoms with Gasteiger partial charge in [0.25, 0.3) is 0 Å². The van der Waals surface area contributed by atoms with Gasteiger partial charge in [-0.3, -0.25) is 0 Å². The van der Waals surface area contributed by atoms with Crippen molar-refractivity contribution < 1.29 is 4.74 Å². The van der Waals surface area contributed by atoms with Crippen LogP contribution in [0, 0.1) is 29.6 Å². The summed E-state index contributed by atoms with van der Waals surface area (Å²) >= 11 is 0. The number of hydrogen-bond donors (Lipinski definition) is 0. The molecule has 3 fully saturated rings. The summed E-state index contributed by atoms with van der Waals surface area (Å²) in [4.78, 5) is 0. The van der Waals surface area contributed by atoms with E-state index in [1.165, 1.54) is 83.5 Å². The number of rotatable bonds is 9. The first-order chi connectivity index (χ1) is 12.3. The summed E-state index contributed by atoms with van der Waals surface area (Å²) in [6.45, 7) is 5.69. The van der Waals surface area contributed by atoms with Crippen LogP contribution in [0.4, 0.5) is 0 Å². The first kappa shape index (κ1) is 19.7. The van der Waals surface area contributed by atoms with E-state index in [9.17, 15) is 0 Å². The monoisotopic (exact) mass is 348 g/mol. The SMILES string of the molecule is CCCCCCCOC1CCC2C(CCC3CC(CCC)CCC32)C1. The first-order valence-electron chi connectivity index (χ1n) is 11.9. The normalized spacial score (nSPS) is 38.2. The number of hydrogen-bond acceptors (Lipinski definition) is 1. The van der Waals surface area contributed by atoms with Gasteiger partial charge in [-0.15, -0.1) is 0 Å². The predicted octanol–water partition coefficient (Wildman–Crippen LogP) is 7.38. The van der Waals surface area contributed by atoms with Gasteiger partial charge in [0.15, 0.2) is 0 Å². The van der Waals surface area contributed by atoms with Gasteiger partial charge < -0.3 is 4.74 Å². The topological polar surface area (TPSA) is 9.23 Å². The lowest BCUT2D eigenvalue weighted by Gasteiger charge is -2.50. The molecule has 0 radical (unpaired) electrons. The van der Waals surface area contributed by atoms with Crippen LogP contribution in [0.25, 0.3) is 0 Å². The summed E-state index contributed by atoms with van der Waals surface area (Å²) in [5, 5.41) is 0. The average Bonchev–Trinajstić information content (AvgIpc) is 2.64. The fourth-order valence-electron chi connectivity index (χ4n) is 6.63. The van der Waals surface area contributed by atoms with Crippen molar-refractivity contribution in [2.45, 2.75) is 116 Å². The molecule has 0 aliphatic heterocycles. The van der Waals surface area contributed by atoms with E-state index in [2.05, 4.69) is 13.8 Å². The van der Waals surface area contributed by atoms with Crippen LogP contribution in [0.15, 0.2) is 0 Å². The summed E-state index contributed by atoms with van der Waals surface area (Å²) in [5.41, 5.74) is 0. The average molecular weight is 349 g/mol. The van der Waals surface area contributed by atoms with Crippen molar-refractivity contribution in [1.29, 1.82) is 0 Å². The third-order valence-electron chi connectivity index (χ3n) is 7.90. The van der Waals surface area contributed by atoms with Crippen molar-refractivity contribution in [1.82, 2.24) is 0 Å². The van der Waals surface area contributed by atoms with E-state index in [4.69, 9.17) is 4.74 Å². The summed E-state index contributed by atoms with van der Waals surface area (Å²) in [5.74, 6) is 5.30. The zero-order chi connectivity index (χ0) is 17.5. The Kier molecular flexibility index (Phi) is 8.15. The second-order valence-corrected chi connectivity index (χ2v) is 9.61. The standard InChI is InChI=1S/C24H44O/c1-3-5-6-7-8-16-25-22-13-15-24-21(18-22)12-11-20-17-19(9-4-2)10-14-23(20)24/h19-24H,3-18H2,1-2H3. The minimum atomic E-state index is 0.598. The Morgan fingerprint density at radius 2 is 1.40 bits per heavy atom. The van der Waals surface area contributed by atoms with Gasteiger partial charge in [-0.2, -0.15) is 0 Å². The van der Waals surface area contributed by atoms with Crippen molar-refractivity contribution in [2.75, 3.05) is 6.61 Å². The fourth-order valence-corrected chi connectivity index (χ4v) is 6.63. The molecule has 0 aromatic rings. The minimum absolute atomic E-state index is 0.598. The molecule has 0 saturated heterocycles. The van der Waals surface area contributed by atoms with Crippen LogP contribution in [0.5, 0.6) is 0 Å². The maximum atomic E-state index is 6.30. The van der Waals surface area contributed by atoms with Crippen LogP contribution in [0.2, 0.25) is 0 Å². The number of fused-ring (bicyclic) bond motifs is 3. The second-order valence-electron chi connectivity index (χ2n) is 9.61. The van der Waals surface area contributed by atoms with Crippen molar-refractivity contribution in [3.63, 3.8) is 0 Å². The van der Waals surface area contributed by atoms with Crippen LogP contribution in [0.1, 0.15) is 110 Å². The first-order valence-corrected chi connectivity index (χ1v) is 11.9. The van der Waals surface area contributed by atoms with Crippen molar-refractivity contribution in [3.05, 3.63) is 0 Å². The minimum Gasteiger partial charge on any atom is -0.378 e. The molecule has 0 heterocycles. The zero-order valence-corrected chi connectivity index (χ0v) is 17.2. The second kappa shape index (κ2) is 10.3. The maximum absolute atomic E-state index is 6.30. The molecular formula is C24H44O. The van der Waals surface area contributed by atoms with Gasteiger partial charge in [-0.25, -0.2) is 0 Å².